The van der Waals surface area contributed by atoms with E-state index in [1.165, 1.54) is 0 Å². The Bertz CT molecular complexity index is 768. The molecular formula is C19H21Cl3N2O2. The number of carbonyl (C=O) groups is 1. The summed E-state index contributed by atoms with van der Waals surface area (Å²) >= 11 is 18.4. The van der Waals surface area contributed by atoms with Crippen LogP contribution in [0.3, 0.4) is 0 Å². The Labute approximate surface area is 168 Å². The van der Waals surface area contributed by atoms with E-state index in [-0.39, 0.29) is 12.5 Å². The number of nitrogens with one attached hydrogen (secondary N) is 2. The molecule has 0 saturated heterocycles. The number of para-hydroxylation sites is 2. The van der Waals surface area contributed by atoms with E-state index in [2.05, 4.69) is 10.6 Å². The van der Waals surface area contributed by atoms with Crippen LogP contribution in [0.25, 0.3) is 0 Å². The summed E-state index contributed by atoms with van der Waals surface area (Å²) in [6, 6.07) is 10.9. The van der Waals surface area contributed by atoms with Gasteiger partial charge in [0, 0.05) is 17.6 Å². The lowest BCUT2D eigenvalue weighted by atomic mass is 10.1. The first kappa shape index (κ1) is 20.7. The molecule has 0 amide bonds. The Morgan fingerprint density at radius 1 is 1.15 bits per heavy atom. The van der Waals surface area contributed by atoms with Crippen molar-refractivity contribution in [1.29, 1.82) is 0 Å². The van der Waals surface area contributed by atoms with Crippen LogP contribution < -0.4 is 10.6 Å². The van der Waals surface area contributed by atoms with E-state index in [0.717, 1.165) is 29.8 Å². The maximum Gasteiger partial charge on any atom is 0.305 e. The summed E-state index contributed by atoms with van der Waals surface area (Å²) in [6.07, 6.45) is 1.74. The zero-order chi connectivity index (χ0) is 19.1. The lowest BCUT2D eigenvalue weighted by Crippen LogP contribution is -2.23. The molecule has 26 heavy (non-hydrogen) atoms. The lowest BCUT2D eigenvalue weighted by molar-refractivity contribution is -0.137. The zero-order valence-corrected chi connectivity index (χ0v) is 16.6. The summed E-state index contributed by atoms with van der Waals surface area (Å²) in [7, 11) is 0. The van der Waals surface area contributed by atoms with Gasteiger partial charge in [0.2, 0.25) is 0 Å². The Balaban J connectivity index is 2.15. The molecule has 0 spiro atoms. The van der Waals surface area contributed by atoms with Crippen molar-refractivity contribution in [3.8, 4) is 0 Å². The SMILES string of the molecule is CCCC(CC(=O)O)Nc1ccccc1NCc1cc(Cl)cc(Cl)c1Cl. The zero-order valence-electron chi connectivity index (χ0n) is 14.4. The highest BCUT2D eigenvalue weighted by Gasteiger charge is 2.14. The van der Waals surface area contributed by atoms with Gasteiger partial charge in [0.1, 0.15) is 0 Å². The molecule has 1 unspecified atom stereocenters. The third-order valence-corrected chi connectivity index (χ3v) is 4.94. The van der Waals surface area contributed by atoms with Gasteiger partial charge >= 0.3 is 5.97 Å². The fraction of sp³-hybridized carbons (Fsp3) is 0.316. The molecule has 1 atom stereocenters. The van der Waals surface area contributed by atoms with Gasteiger partial charge in [-0.2, -0.15) is 0 Å². The maximum absolute atomic E-state index is 11.1. The maximum atomic E-state index is 11.1. The third-order valence-electron chi connectivity index (χ3n) is 3.88. The highest BCUT2D eigenvalue weighted by Crippen LogP contribution is 2.31. The van der Waals surface area contributed by atoms with Gasteiger partial charge in [0.05, 0.1) is 27.8 Å². The normalized spacial score (nSPS) is 11.8. The summed E-state index contributed by atoms with van der Waals surface area (Å²) in [5, 5.41) is 17.1. The van der Waals surface area contributed by atoms with E-state index in [1.807, 2.05) is 31.2 Å². The van der Waals surface area contributed by atoms with Crippen LogP contribution in [0.15, 0.2) is 36.4 Å². The van der Waals surface area contributed by atoms with E-state index >= 15 is 0 Å². The van der Waals surface area contributed by atoms with Crippen molar-refractivity contribution in [2.45, 2.75) is 38.8 Å². The highest BCUT2D eigenvalue weighted by molar-refractivity contribution is 6.43. The Kier molecular flexibility index (Phi) is 7.88. The van der Waals surface area contributed by atoms with Crippen molar-refractivity contribution < 1.29 is 9.90 Å². The van der Waals surface area contributed by atoms with E-state index in [4.69, 9.17) is 39.9 Å². The number of hydrogen-bond donors (Lipinski definition) is 3. The molecule has 4 nitrogen and oxygen atoms in total. The van der Waals surface area contributed by atoms with Crippen LogP contribution in [0.5, 0.6) is 0 Å². The molecule has 2 aromatic rings. The van der Waals surface area contributed by atoms with Gasteiger partial charge in [-0.25, -0.2) is 0 Å². The van der Waals surface area contributed by atoms with Crippen LogP contribution >= 0.6 is 34.8 Å². The van der Waals surface area contributed by atoms with E-state index in [9.17, 15) is 4.79 Å². The number of carboxylic acid groups (broad SMARTS) is 1. The minimum atomic E-state index is -0.818. The van der Waals surface area contributed by atoms with Gasteiger partial charge in [-0.1, -0.05) is 60.3 Å². The van der Waals surface area contributed by atoms with Crippen LogP contribution in [0.2, 0.25) is 15.1 Å². The van der Waals surface area contributed by atoms with Crippen LogP contribution in [0.4, 0.5) is 11.4 Å². The second kappa shape index (κ2) is 9.91. The van der Waals surface area contributed by atoms with E-state index < -0.39 is 5.97 Å². The van der Waals surface area contributed by atoms with Crippen molar-refractivity contribution in [2.75, 3.05) is 10.6 Å². The summed E-state index contributed by atoms with van der Waals surface area (Å²) < 4.78 is 0. The molecule has 3 N–H and O–H groups in total. The first-order valence-corrected chi connectivity index (χ1v) is 9.48. The predicted octanol–water partition coefficient (Wildman–Crippen LogP) is 6.31. The predicted molar refractivity (Wildman–Crippen MR) is 110 cm³/mol. The van der Waals surface area contributed by atoms with E-state index in [1.54, 1.807) is 12.1 Å². The molecule has 0 fully saturated rings. The molecule has 0 aromatic heterocycles. The minimum absolute atomic E-state index is 0.0674. The molecular weight excluding hydrogens is 395 g/mol. The summed E-state index contributed by atoms with van der Waals surface area (Å²) in [5.41, 5.74) is 2.48. The summed E-state index contributed by atoms with van der Waals surface area (Å²) in [4.78, 5) is 11.1. The molecule has 0 heterocycles. The van der Waals surface area contributed by atoms with Crippen molar-refractivity contribution in [1.82, 2.24) is 0 Å². The molecule has 0 radical (unpaired) electrons. The fourth-order valence-corrected chi connectivity index (χ4v) is 3.41. The third kappa shape index (κ3) is 5.97. The summed E-state index contributed by atoms with van der Waals surface area (Å²) in [5.74, 6) is -0.818. The van der Waals surface area contributed by atoms with Crippen LogP contribution in [-0.4, -0.2) is 17.1 Å². The molecule has 0 aliphatic rings. The van der Waals surface area contributed by atoms with Gasteiger partial charge in [-0.15, -0.1) is 0 Å². The van der Waals surface area contributed by atoms with Crippen LogP contribution in [0.1, 0.15) is 31.7 Å². The van der Waals surface area contributed by atoms with Crippen molar-refractivity contribution in [2.24, 2.45) is 0 Å². The lowest BCUT2D eigenvalue weighted by Gasteiger charge is -2.21. The Morgan fingerprint density at radius 3 is 2.50 bits per heavy atom. The van der Waals surface area contributed by atoms with Gasteiger partial charge in [-0.3, -0.25) is 4.79 Å². The fourth-order valence-electron chi connectivity index (χ4n) is 2.70. The number of benzene rings is 2. The van der Waals surface area contributed by atoms with Gasteiger partial charge < -0.3 is 15.7 Å². The molecule has 0 aliphatic carbocycles. The molecule has 2 rings (SSSR count). The Morgan fingerprint density at radius 2 is 1.85 bits per heavy atom. The smallest absolute Gasteiger partial charge is 0.305 e. The first-order valence-electron chi connectivity index (χ1n) is 8.35. The number of rotatable bonds is 9. The minimum Gasteiger partial charge on any atom is -0.481 e. The summed E-state index contributed by atoms with van der Waals surface area (Å²) in [6.45, 7) is 2.47. The van der Waals surface area contributed by atoms with Crippen molar-refractivity contribution >= 4 is 52.1 Å². The first-order chi connectivity index (χ1) is 12.4. The van der Waals surface area contributed by atoms with Crippen LogP contribution in [0, 0.1) is 0 Å². The van der Waals surface area contributed by atoms with Crippen LogP contribution in [-0.2, 0) is 11.3 Å². The average Bonchev–Trinajstić information content (AvgIpc) is 2.57. The molecule has 7 heteroatoms. The number of carboxylic acids is 1. The molecule has 0 bridgehead atoms. The van der Waals surface area contributed by atoms with Gasteiger partial charge in [-0.05, 0) is 36.2 Å². The number of halogens is 3. The second-order valence-corrected chi connectivity index (χ2v) is 7.21. The number of hydrogen-bond acceptors (Lipinski definition) is 3. The number of aliphatic carboxylic acids is 1. The topological polar surface area (TPSA) is 61.4 Å². The van der Waals surface area contributed by atoms with E-state index in [0.29, 0.717) is 21.6 Å². The van der Waals surface area contributed by atoms with Gasteiger partial charge in [0.25, 0.3) is 0 Å². The largest absolute Gasteiger partial charge is 0.481 e. The Hall–Kier alpha value is -1.62. The average molecular weight is 416 g/mol. The highest BCUT2D eigenvalue weighted by atomic mass is 35.5. The van der Waals surface area contributed by atoms with Crippen molar-refractivity contribution in [3.05, 3.63) is 57.0 Å². The molecule has 140 valence electrons. The number of anilines is 2. The quantitative estimate of drug-likeness (QED) is 0.420. The molecule has 2 aromatic carbocycles. The van der Waals surface area contributed by atoms with Gasteiger partial charge in [0.15, 0.2) is 0 Å². The molecule has 0 saturated carbocycles. The monoisotopic (exact) mass is 414 g/mol. The second-order valence-electron chi connectivity index (χ2n) is 5.99. The van der Waals surface area contributed by atoms with Crippen molar-refractivity contribution in [3.63, 3.8) is 0 Å². The molecule has 0 aliphatic heterocycles. The standard InChI is InChI=1S/C19H21Cl3N2O2/c1-2-5-14(10-18(25)26)24-17-7-4-3-6-16(17)23-11-12-8-13(20)9-15(21)19(12)22/h3-4,6-9,14,23-24H,2,5,10-11H2,1H3,(H,25,26).